The number of nitrogens with zero attached hydrogens (tertiary/aromatic N) is 4. The van der Waals surface area contributed by atoms with Crippen molar-refractivity contribution in [2.24, 2.45) is 5.92 Å². The van der Waals surface area contributed by atoms with Crippen molar-refractivity contribution < 1.29 is 38.4 Å². The minimum atomic E-state index is -4.84. The van der Waals surface area contributed by atoms with Gasteiger partial charge in [-0.05, 0) is 50.3 Å². The number of nitrogen functional groups attached to an aromatic ring is 1. The van der Waals surface area contributed by atoms with Gasteiger partial charge in [-0.2, -0.15) is 15.4 Å². The van der Waals surface area contributed by atoms with Crippen LogP contribution in [0.1, 0.15) is 51.1 Å². The van der Waals surface area contributed by atoms with Crippen molar-refractivity contribution in [2.75, 3.05) is 24.3 Å². The number of nitrogens with one attached hydrogen (secondary N) is 2. The number of carbonyl (C=O) groups excluding carboxylic acids is 1. The minimum absolute atomic E-state index is 0.162. The van der Waals surface area contributed by atoms with E-state index in [4.69, 9.17) is 25.1 Å². The normalized spacial score (nSPS) is 18.6. The summed E-state index contributed by atoms with van der Waals surface area (Å²) in [5.74, 6) is 0.844. The first kappa shape index (κ1) is 32.3. The highest BCUT2D eigenvalue weighted by molar-refractivity contribution is 7.46. The number of rotatable bonds is 13. The molecule has 7 N–H and O–H groups in total. The maximum Gasteiger partial charge on any atom is 0.527 e. The topological polar surface area (TPSA) is 216 Å². The number of benzene rings is 1. The summed E-state index contributed by atoms with van der Waals surface area (Å²) in [5, 5.41) is 12.6. The molecule has 234 valence electrons. The number of anilines is 2. The zero-order chi connectivity index (χ0) is 31.0. The van der Waals surface area contributed by atoms with Gasteiger partial charge < -0.3 is 30.0 Å². The highest BCUT2D eigenvalue weighted by Gasteiger charge is 2.27. The molecule has 2 aliphatic rings. The van der Waals surface area contributed by atoms with E-state index in [0.717, 1.165) is 54.0 Å². The van der Waals surface area contributed by atoms with E-state index in [0.29, 0.717) is 12.6 Å². The quantitative estimate of drug-likeness (QED) is 0.0921. The largest absolute Gasteiger partial charge is 0.527 e. The number of nitrogens with two attached hydrogens (primary N) is 1. The van der Waals surface area contributed by atoms with Crippen LogP contribution in [0.3, 0.4) is 0 Å². The van der Waals surface area contributed by atoms with Crippen molar-refractivity contribution in [1.82, 2.24) is 25.0 Å². The molecule has 2 aromatic heterocycles. The van der Waals surface area contributed by atoms with Crippen molar-refractivity contribution in [3.8, 4) is 5.75 Å². The molecule has 0 aliphatic heterocycles. The Morgan fingerprint density at radius 1 is 1.21 bits per heavy atom. The second kappa shape index (κ2) is 14.7. The summed E-state index contributed by atoms with van der Waals surface area (Å²) < 4.78 is 21.9. The van der Waals surface area contributed by atoms with Gasteiger partial charge in [0.1, 0.15) is 11.8 Å². The fourth-order valence-corrected chi connectivity index (χ4v) is 4.58. The Morgan fingerprint density at radius 2 is 1.95 bits per heavy atom. The van der Waals surface area contributed by atoms with Gasteiger partial charge in [-0.3, -0.25) is 14.6 Å². The van der Waals surface area contributed by atoms with Gasteiger partial charge in [0.05, 0.1) is 25.6 Å². The van der Waals surface area contributed by atoms with E-state index in [1.807, 2.05) is 29.7 Å². The lowest BCUT2D eigenvalue weighted by molar-refractivity contribution is -0.142. The molecule has 5 rings (SSSR count). The van der Waals surface area contributed by atoms with E-state index in [9.17, 15) is 14.5 Å². The maximum absolute atomic E-state index is 11.3. The highest BCUT2D eigenvalue weighted by atomic mass is 31.2. The molecule has 1 fully saturated rings. The van der Waals surface area contributed by atoms with Gasteiger partial charge >= 0.3 is 13.8 Å². The van der Waals surface area contributed by atoms with Crippen molar-refractivity contribution >= 4 is 36.7 Å². The predicted molar refractivity (Wildman–Crippen MR) is 158 cm³/mol. The fourth-order valence-electron chi connectivity index (χ4n) is 4.19. The molecule has 0 amide bonds. The molecule has 1 aromatic carbocycles. The average Bonchev–Trinajstić information content (AvgIpc) is 3.47. The summed E-state index contributed by atoms with van der Waals surface area (Å²) in [7, 11) is -4.84. The number of hydrogen-bond donors (Lipinski definition) is 6. The lowest BCUT2D eigenvalue weighted by atomic mass is 10.1. The van der Waals surface area contributed by atoms with E-state index >= 15 is 0 Å². The molecule has 0 spiro atoms. The standard InChI is InChI=1S/C14H18N6O.C13H20NO7P/c15-14-18-12(17-9-2-3-9)11-13(19-14)20(7-16-11)10-4-1-8(5-10)6-21;1-3-8-19-12-6-4-11(5-7-12)9-20-14-10(2)13(15)21-22(16,17)18/h1,4,7-10,21H,2-3,5-6H2,(H3,15,17,18,19);4-7,10,14H,3,8-9H2,1-2H3,(H2,16,17,18)/t8-,10+;10-/m10/s1. The summed E-state index contributed by atoms with van der Waals surface area (Å²) in [6, 6.07) is 6.86. The number of ether oxygens (including phenoxy) is 1. The number of phosphoric acid groups is 1. The number of imidazole rings is 1. The van der Waals surface area contributed by atoms with Gasteiger partial charge in [0.15, 0.2) is 17.0 Å². The van der Waals surface area contributed by atoms with Crippen LogP contribution >= 0.6 is 7.82 Å². The van der Waals surface area contributed by atoms with E-state index in [1.165, 1.54) is 6.92 Å². The van der Waals surface area contributed by atoms with Gasteiger partial charge in [0.2, 0.25) is 5.95 Å². The Hall–Kier alpha value is -3.59. The SMILES string of the molecule is CCCOc1ccc(CON[C@@H](C)C(=O)OP(=O)(O)O)cc1.Nc1nc(NC2CC2)c2ncn([C@H]3C=C[C@@H](CO)C3)c2n1. The summed E-state index contributed by atoms with van der Waals surface area (Å²) in [6.07, 6.45) is 10.0. The first-order valence-corrected chi connectivity index (χ1v) is 15.5. The van der Waals surface area contributed by atoms with Crippen LogP contribution in [0.5, 0.6) is 5.75 Å². The van der Waals surface area contributed by atoms with Crippen LogP contribution in [0.2, 0.25) is 0 Å². The monoisotopic (exact) mass is 619 g/mol. The van der Waals surface area contributed by atoms with Crippen molar-refractivity contribution in [3.63, 3.8) is 0 Å². The third-order valence-corrected chi connectivity index (χ3v) is 6.97. The maximum atomic E-state index is 11.3. The second-order valence-corrected chi connectivity index (χ2v) is 11.5. The molecule has 3 atom stereocenters. The molecule has 16 heteroatoms. The predicted octanol–water partition coefficient (Wildman–Crippen LogP) is 2.61. The van der Waals surface area contributed by atoms with Gasteiger partial charge in [0.25, 0.3) is 0 Å². The van der Waals surface area contributed by atoms with Crippen molar-refractivity contribution in [2.45, 2.75) is 64.3 Å². The van der Waals surface area contributed by atoms with Gasteiger partial charge in [-0.1, -0.05) is 31.2 Å². The Morgan fingerprint density at radius 3 is 2.58 bits per heavy atom. The summed E-state index contributed by atoms with van der Waals surface area (Å²) in [5.41, 5.74) is 10.5. The van der Waals surface area contributed by atoms with E-state index in [1.54, 1.807) is 18.5 Å². The molecule has 0 unspecified atom stereocenters. The van der Waals surface area contributed by atoms with Crippen LogP contribution in [0.4, 0.5) is 11.8 Å². The first-order valence-electron chi connectivity index (χ1n) is 14.0. The summed E-state index contributed by atoms with van der Waals surface area (Å²) in [4.78, 5) is 46.5. The Labute approximate surface area is 248 Å². The summed E-state index contributed by atoms with van der Waals surface area (Å²) >= 11 is 0. The van der Waals surface area contributed by atoms with Gasteiger partial charge in [-0.15, -0.1) is 0 Å². The molecular weight excluding hydrogens is 581 g/mol. The van der Waals surface area contributed by atoms with Crippen LogP contribution in [0.15, 0.2) is 42.7 Å². The van der Waals surface area contributed by atoms with Crippen LogP contribution < -0.4 is 21.3 Å². The smallest absolute Gasteiger partial charge is 0.494 e. The third kappa shape index (κ3) is 9.71. The number of allylic oxidation sites excluding steroid dienone is 1. The number of aliphatic hydroxyl groups is 1. The number of hydrogen-bond acceptors (Lipinski definition) is 12. The zero-order valence-electron chi connectivity index (χ0n) is 24.0. The van der Waals surface area contributed by atoms with E-state index in [-0.39, 0.29) is 31.1 Å². The molecule has 2 aliphatic carbocycles. The average molecular weight is 620 g/mol. The van der Waals surface area contributed by atoms with E-state index < -0.39 is 19.8 Å². The zero-order valence-corrected chi connectivity index (χ0v) is 24.9. The molecule has 15 nitrogen and oxygen atoms in total. The summed E-state index contributed by atoms with van der Waals surface area (Å²) in [6.45, 7) is 4.37. The molecule has 0 bridgehead atoms. The highest BCUT2D eigenvalue weighted by Crippen LogP contribution is 2.36. The fraction of sp³-hybridized carbons (Fsp3) is 0.481. The Balaban J connectivity index is 0.000000197. The molecule has 2 heterocycles. The number of aliphatic hydroxyl groups excluding tert-OH is 1. The molecule has 3 aromatic rings. The lowest BCUT2D eigenvalue weighted by Crippen LogP contribution is -2.34. The van der Waals surface area contributed by atoms with Crippen LogP contribution in [-0.2, 0) is 25.3 Å². The molecule has 0 saturated heterocycles. The number of hydroxylamine groups is 1. The first-order chi connectivity index (χ1) is 20.6. The second-order valence-electron chi connectivity index (χ2n) is 10.3. The number of phosphoric ester groups is 1. The van der Waals surface area contributed by atoms with Crippen molar-refractivity contribution in [1.29, 1.82) is 0 Å². The van der Waals surface area contributed by atoms with Crippen LogP contribution in [0.25, 0.3) is 11.2 Å². The molecule has 0 radical (unpaired) electrons. The minimum Gasteiger partial charge on any atom is -0.494 e. The lowest BCUT2D eigenvalue weighted by Gasteiger charge is -2.13. The van der Waals surface area contributed by atoms with Crippen LogP contribution in [0, 0.1) is 5.92 Å². The molecule has 1 saturated carbocycles. The Bertz CT molecular complexity index is 1440. The number of carbonyl (C=O) groups is 1. The molecular formula is C27H38N7O8P. The number of fused-ring (bicyclic) bond motifs is 1. The van der Waals surface area contributed by atoms with Gasteiger partial charge in [-0.25, -0.2) is 14.3 Å². The third-order valence-electron chi connectivity index (χ3n) is 6.56. The Kier molecular flexibility index (Phi) is 11.1. The van der Waals surface area contributed by atoms with Crippen LogP contribution in [-0.4, -0.2) is 65.7 Å². The van der Waals surface area contributed by atoms with Crippen molar-refractivity contribution in [3.05, 3.63) is 48.3 Å². The number of aromatic nitrogens is 4. The van der Waals surface area contributed by atoms with Gasteiger partial charge in [0, 0.05) is 18.6 Å². The molecule has 43 heavy (non-hydrogen) atoms. The van der Waals surface area contributed by atoms with E-state index in [2.05, 4.69) is 36.3 Å².